The molecule has 3 rings (SSSR count). The molecule has 2 heterocycles. The van der Waals surface area contributed by atoms with Crippen LogP contribution in [0.25, 0.3) is 22.0 Å². The van der Waals surface area contributed by atoms with Gasteiger partial charge in [0.05, 0.1) is 12.6 Å². The monoisotopic (exact) mass is 236 g/mol. The lowest BCUT2D eigenvalue weighted by Crippen LogP contribution is -1.86. The number of hydrogen-bond donors (Lipinski definition) is 0. The number of nitrogens with zero attached hydrogens (tertiary/aromatic N) is 2. The normalized spacial score (nSPS) is 10.5. The number of benzene rings is 1. The molecule has 0 aliphatic carbocycles. The third-order valence-electron chi connectivity index (χ3n) is 2.88. The van der Waals surface area contributed by atoms with Gasteiger partial charge >= 0.3 is 0 Å². The van der Waals surface area contributed by atoms with Crippen LogP contribution in [0.15, 0.2) is 55.0 Å². The second kappa shape index (κ2) is 4.45. The SMILES string of the molecule is COc1cccc(-c2cnc3ccncc3c2)c1. The van der Waals surface area contributed by atoms with Crippen LogP contribution in [0.5, 0.6) is 5.75 Å². The first-order valence-corrected chi connectivity index (χ1v) is 5.71. The zero-order valence-corrected chi connectivity index (χ0v) is 10.00. The summed E-state index contributed by atoms with van der Waals surface area (Å²) < 4.78 is 5.23. The minimum absolute atomic E-state index is 0.846. The third kappa shape index (κ3) is 1.91. The first-order valence-electron chi connectivity index (χ1n) is 5.71. The molecule has 0 amide bonds. The molecular weight excluding hydrogens is 224 g/mol. The van der Waals surface area contributed by atoms with Crippen LogP contribution in [0, 0.1) is 0 Å². The highest BCUT2D eigenvalue weighted by Crippen LogP contribution is 2.25. The summed E-state index contributed by atoms with van der Waals surface area (Å²) in [5, 5.41) is 1.04. The molecule has 1 aromatic carbocycles. The smallest absolute Gasteiger partial charge is 0.119 e. The first kappa shape index (κ1) is 10.7. The van der Waals surface area contributed by atoms with E-state index >= 15 is 0 Å². The number of aromatic nitrogens is 2. The van der Waals surface area contributed by atoms with E-state index in [2.05, 4.69) is 16.0 Å². The molecule has 0 saturated heterocycles. The van der Waals surface area contributed by atoms with Gasteiger partial charge in [-0.25, -0.2) is 0 Å². The van der Waals surface area contributed by atoms with Crippen molar-refractivity contribution in [3.8, 4) is 16.9 Å². The molecule has 0 atom stereocenters. The van der Waals surface area contributed by atoms with Gasteiger partial charge in [0.2, 0.25) is 0 Å². The van der Waals surface area contributed by atoms with E-state index in [1.807, 2.05) is 42.7 Å². The van der Waals surface area contributed by atoms with Gasteiger partial charge in [0.15, 0.2) is 0 Å². The Morgan fingerprint density at radius 2 is 1.94 bits per heavy atom. The molecule has 0 fully saturated rings. The molecule has 0 radical (unpaired) electrons. The van der Waals surface area contributed by atoms with Crippen LogP contribution in [0.3, 0.4) is 0 Å². The van der Waals surface area contributed by atoms with Gasteiger partial charge in [0.1, 0.15) is 5.75 Å². The molecule has 0 N–H and O–H groups in total. The summed E-state index contributed by atoms with van der Waals surface area (Å²) in [4.78, 5) is 8.55. The molecular formula is C15H12N2O. The summed E-state index contributed by atoms with van der Waals surface area (Å²) in [5.74, 6) is 0.846. The Hall–Kier alpha value is -2.42. The van der Waals surface area contributed by atoms with E-state index < -0.39 is 0 Å². The standard InChI is InChI=1S/C15H12N2O/c1-18-14-4-2-3-11(8-14)12-7-13-9-16-6-5-15(13)17-10-12/h2-10H,1H3. The van der Waals surface area contributed by atoms with Crippen molar-refractivity contribution < 1.29 is 4.74 Å². The highest BCUT2D eigenvalue weighted by atomic mass is 16.5. The summed E-state index contributed by atoms with van der Waals surface area (Å²) in [6.45, 7) is 0. The summed E-state index contributed by atoms with van der Waals surface area (Å²) >= 11 is 0. The minimum atomic E-state index is 0.846. The summed E-state index contributed by atoms with van der Waals surface area (Å²) in [7, 11) is 1.67. The average Bonchev–Trinajstić information content (AvgIpc) is 2.47. The van der Waals surface area contributed by atoms with Gasteiger partial charge in [-0.3, -0.25) is 9.97 Å². The number of hydrogen-bond acceptors (Lipinski definition) is 3. The first-order chi connectivity index (χ1) is 8.86. The number of ether oxygens (including phenoxy) is 1. The van der Waals surface area contributed by atoms with Gasteiger partial charge in [0.25, 0.3) is 0 Å². The fourth-order valence-corrected chi connectivity index (χ4v) is 1.93. The largest absolute Gasteiger partial charge is 0.497 e. The van der Waals surface area contributed by atoms with Gasteiger partial charge < -0.3 is 4.74 Å². The molecule has 0 aliphatic rings. The fraction of sp³-hybridized carbons (Fsp3) is 0.0667. The van der Waals surface area contributed by atoms with Crippen LogP contribution >= 0.6 is 0 Å². The molecule has 3 heteroatoms. The van der Waals surface area contributed by atoms with E-state index in [0.29, 0.717) is 0 Å². The van der Waals surface area contributed by atoms with Crippen molar-refractivity contribution in [3.05, 3.63) is 55.0 Å². The predicted molar refractivity (Wildman–Crippen MR) is 71.5 cm³/mol. The predicted octanol–water partition coefficient (Wildman–Crippen LogP) is 3.31. The Kier molecular flexibility index (Phi) is 2.65. The van der Waals surface area contributed by atoms with E-state index in [-0.39, 0.29) is 0 Å². The highest BCUT2D eigenvalue weighted by molar-refractivity contribution is 5.82. The Labute approximate surface area is 105 Å². The fourth-order valence-electron chi connectivity index (χ4n) is 1.93. The number of pyridine rings is 2. The molecule has 0 bridgehead atoms. The second-order valence-corrected chi connectivity index (χ2v) is 4.02. The van der Waals surface area contributed by atoms with E-state index in [4.69, 9.17) is 4.74 Å². The van der Waals surface area contributed by atoms with Gasteiger partial charge in [0, 0.05) is 29.5 Å². The zero-order valence-electron chi connectivity index (χ0n) is 10.00. The van der Waals surface area contributed by atoms with Crippen molar-refractivity contribution in [3.63, 3.8) is 0 Å². The molecule has 88 valence electrons. The van der Waals surface area contributed by atoms with Crippen molar-refractivity contribution in [2.75, 3.05) is 7.11 Å². The van der Waals surface area contributed by atoms with Gasteiger partial charge in [-0.2, -0.15) is 0 Å². The lowest BCUT2D eigenvalue weighted by atomic mass is 10.1. The van der Waals surface area contributed by atoms with Crippen molar-refractivity contribution in [2.45, 2.75) is 0 Å². The van der Waals surface area contributed by atoms with Gasteiger partial charge in [-0.05, 0) is 29.8 Å². The lowest BCUT2D eigenvalue weighted by Gasteiger charge is -2.05. The van der Waals surface area contributed by atoms with Gasteiger partial charge in [-0.1, -0.05) is 12.1 Å². The van der Waals surface area contributed by atoms with E-state index in [9.17, 15) is 0 Å². The lowest BCUT2D eigenvalue weighted by molar-refractivity contribution is 0.415. The zero-order chi connectivity index (χ0) is 12.4. The molecule has 0 aliphatic heterocycles. The van der Waals surface area contributed by atoms with Crippen molar-refractivity contribution in [1.29, 1.82) is 0 Å². The molecule has 0 unspecified atom stereocenters. The van der Waals surface area contributed by atoms with Crippen molar-refractivity contribution in [1.82, 2.24) is 9.97 Å². The number of rotatable bonds is 2. The molecule has 2 aromatic heterocycles. The summed E-state index contributed by atoms with van der Waals surface area (Å²) in [6.07, 6.45) is 5.45. The molecule has 18 heavy (non-hydrogen) atoms. The summed E-state index contributed by atoms with van der Waals surface area (Å²) in [6, 6.07) is 11.9. The quantitative estimate of drug-likeness (QED) is 0.684. The Morgan fingerprint density at radius 1 is 1.00 bits per heavy atom. The van der Waals surface area contributed by atoms with Crippen LogP contribution in [0.2, 0.25) is 0 Å². The van der Waals surface area contributed by atoms with Crippen molar-refractivity contribution in [2.24, 2.45) is 0 Å². The van der Waals surface area contributed by atoms with E-state index in [1.54, 1.807) is 13.3 Å². The maximum absolute atomic E-state index is 5.23. The van der Waals surface area contributed by atoms with Crippen LogP contribution in [-0.2, 0) is 0 Å². The van der Waals surface area contributed by atoms with Gasteiger partial charge in [-0.15, -0.1) is 0 Å². The maximum Gasteiger partial charge on any atom is 0.119 e. The van der Waals surface area contributed by atoms with E-state index in [1.165, 1.54) is 0 Å². The molecule has 3 nitrogen and oxygen atoms in total. The third-order valence-corrected chi connectivity index (χ3v) is 2.88. The Balaban J connectivity index is 2.13. The van der Waals surface area contributed by atoms with Crippen LogP contribution < -0.4 is 4.74 Å². The average molecular weight is 236 g/mol. The molecule has 3 aromatic rings. The van der Waals surface area contributed by atoms with Crippen LogP contribution in [0.4, 0.5) is 0 Å². The molecule has 0 saturated carbocycles. The topological polar surface area (TPSA) is 35.0 Å². The maximum atomic E-state index is 5.23. The second-order valence-electron chi connectivity index (χ2n) is 4.02. The minimum Gasteiger partial charge on any atom is -0.497 e. The Morgan fingerprint density at radius 3 is 2.83 bits per heavy atom. The highest BCUT2D eigenvalue weighted by Gasteiger charge is 2.02. The van der Waals surface area contributed by atoms with Crippen LogP contribution in [-0.4, -0.2) is 17.1 Å². The number of methoxy groups -OCH3 is 1. The van der Waals surface area contributed by atoms with Crippen LogP contribution in [0.1, 0.15) is 0 Å². The Bertz CT molecular complexity index is 695. The molecule has 0 spiro atoms. The van der Waals surface area contributed by atoms with Crippen molar-refractivity contribution >= 4 is 10.9 Å². The number of fused-ring (bicyclic) bond motifs is 1. The van der Waals surface area contributed by atoms with E-state index in [0.717, 1.165) is 27.8 Å². The summed E-state index contributed by atoms with van der Waals surface area (Å²) in [5.41, 5.74) is 3.11.